The molecule has 5 rings (SSSR count). The monoisotopic (exact) mass is 450 g/mol. The van der Waals surface area contributed by atoms with Gasteiger partial charge in [0.25, 0.3) is 5.56 Å². The van der Waals surface area contributed by atoms with E-state index in [1.165, 1.54) is 11.3 Å². The zero-order chi connectivity index (χ0) is 22.1. The van der Waals surface area contributed by atoms with Crippen LogP contribution in [0.3, 0.4) is 0 Å². The van der Waals surface area contributed by atoms with Crippen LogP contribution in [0.1, 0.15) is 23.5 Å². The number of H-pyrrole nitrogens is 1. The van der Waals surface area contributed by atoms with Crippen molar-refractivity contribution in [2.45, 2.75) is 12.3 Å². The number of methoxy groups -OCH3 is 1. The van der Waals surface area contributed by atoms with Gasteiger partial charge in [0.05, 0.1) is 25.3 Å². The second kappa shape index (κ2) is 8.79. The Morgan fingerprint density at radius 1 is 1.28 bits per heavy atom. The highest BCUT2D eigenvalue weighted by atomic mass is 32.1. The summed E-state index contributed by atoms with van der Waals surface area (Å²) in [6.45, 7) is 1.57. The van der Waals surface area contributed by atoms with Gasteiger partial charge in [0.2, 0.25) is 0 Å². The molecular formula is C23H22N4O4S. The Morgan fingerprint density at radius 2 is 2.12 bits per heavy atom. The molecule has 2 N–H and O–H groups in total. The molecule has 4 aromatic rings. The average Bonchev–Trinajstić information content (AvgIpc) is 3.29. The fraction of sp³-hybridized carbons (Fsp3) is 0.261. The second-order valence-electron chi connectivity index (χ2n) is 7.50. The molecule has 0 aliphatic carbocycles. The maximum Gasteiger partial charge on any atom is 0.269 e. The zero-order valence-electron chi connectivity index (χ0n) is 17.4. The number of nitrogens with zero attached hydrogens (tertiary/aromatic N) is 3. The number of aliphatic hydroxyl groups excluding tert-OH is 1. The number of ether oxygens (including phenoxy) is 2. The molecular weight excluding hydrogens is 428 g/mol. The van der Waals surface area contributed by atoms with Gasteiger partial charge in [0, 0.05) is 30.2 Å². The van der Waals surface area contributed by atoms with Crippen LogP contribution in [-0.4, -0.2) is 51.8 Å². The van der Waals surface area contributed by atoms with Gasteiger partial charge < -0.3 is 19.6 Å². The summed E-state index contributed by atoms with van der Waals surface area (Å²) in [5.74, 6) is 1.17. The number of aliphatic hydroxyl groups is 1. The number of hydrogen-bond donors (Lipinski definition) is 2. The molecule has 0 bridgehead atoms. The third-order valence-corrected chi connectivity index (χ3v) is 6.56. The smallest absolute Gasteiger partial charge is 0.269 e. The van der Waals surface area contributed by atoms with E-state index in [2.05, 4.69) is 15.0 Å². The number of fused-ring (bicyclic) bond motifs is 1. The second-order valence-corrected chi connectivity index (χ2v) is 8.38. The normalized spacial score (nSPS) is 18.0. The number of aromatic amines is 1. The summed E-state index contributed by atoms with van der Waals surface area (Å²) in [5, 5.41) is 13.0. The molecule has 0 amide bonds. The first-order valence-electron chi connectivity index (χ1n) is 10.2. The molecule has 0 saturated carbocycles. The number of pyridine rings is 1. The van der Waals surface area contributed by atoms with Gasteiger partial charge in [-0.15, -0.1) is 11.3 Å². The summed E-state index contributed by atoms with van der Waals surface area (Å²) < 4.78 is 11.7. The molecule has 0 spiro atoms. The predicted octanol–water partition coefficient (Wildman–Crippen LogP) is 3.12. The zero-order valence-corrected chi connectivity index (χ0v) is 18.2. The molecule has 164 valence electrons. The van der Waals surface area contributed by atoms with Gasteiger partial charge in [0.1, 0.15) is 22.4 Å². The molecule has 1 fully saturated rings. The molecule has 2 unspecified atom stereocenters. The number of aromatic nitrogens is 3. The Bertz CT molecular complexity index is 1270. The van der Waals surface area contributed by atoms with E-state index in [0.29, 0.717) is 47.0 Å². The summed E-state index contributed by atoms with van der Waals surface area (Å²) in [6.07, 6.45) is 0.574. The molecule has 1 aliphatic heterocycles. The van der Waals surface area contributed by atoms with E-state index in [0.717, 1.165) is 11.3 Å². The Balaban J connectivity index is 1.44. The van der Waals surface area contributed by atoms with Crippen LogP contribution in [0.25, 0.3) is 21.7 Å². The van der Waals surface area contributed by atoms with Crippen molar-refractivity contribution in [1.29, 1.82) is 0 Å². The molecule has 0 radical (unpaired) electrons. The SMILES string of the molecule is COc1ccc(C2CN(C(O)c3csc4c(=O)[nH]c(-c5ccccn5)nc34)CCO2)cc1. The molecule has 32 heavy (non-hydrogen) atoms. The van der Waals surface area contributed by atoms with E-state index < -0.39 is 6.23 Å². The summed E-state index contributed by atoms with van der Waals surface area (Å²) >= 11 is 1.28. The predicted molar refractivity (Wildman–Crippen MR) is 122 cm³/mol. The van der Waals surface area contributed by atoms with Gasteiger partial charge in [-0.05, 0) is 29.8 Å². The third-order valence-electron chi connectivity index (χ3n) is 5.57. The van der Waals surface area contributed by atoms with Gasteiger partial charge in [0.15, 0.2) is 5.82 Å². The Labute approximate surface area is 188 Å². The minimum absolute atomic E-state index is 0.172. The molecule has 2 atom stereocenters. The van der Waals surface area contributed by atoms with Crippen LogP contribution in [-0.2, 0) is 4.74 Å². The molecule has 4 heterocycles. The first-order valence-corrected chi connectivity index (χ1v) is 11.1. The molecule has 9 heteroatoms. The van der Waals surface area contributed by atoms with E-state index >= 15 is 0 Å². The highest BCUT2D eigenvalue weighted by molar-refractivity contribution is 7.17. The van der Waals surface area contributed by atoms with Crippen molar-refractivity contribution < 1.29 is 14.6 Å². The lowest BCUT2D eigenvalue weighted by molar-refractivity contribution is -0.0962. The summed E-state index contributed by atoms with van der Waals surface area (Å²) in [6, 6.07) is 13.2. The number of nitrogens with one attached hydrogen (secondary N) is 1. The highest BCUT2D eigenvalue weighted by Crippen LogP contribution is 2.33. The fourth-order valence-corrected chi connectivity index (χ4v) is 4.77. The van der Waals surface area contributed by atoms with Crippen LogP contribution in [0.2, 0.25) is 0 Å². The van der Waals surface area contributed by atoms with Gasteiger partial charge in [-0.25, -0.2) is 4.98 Å². The maximum absolute atomic E-state index is 12.6. The van der Waals surface area contributed by atoms with E-state index in [9.17, 15) is 9.90 Å². The van der Waals surface area contributed by atoms with Crippen molar-refractivity contribution in [2.24, 2.45) is 0 Å². The Morgan fingerprint density at radius 3 is 2.88 bits per heavy atom. The minimum atomic E-state index is -0.903. The van der Waals surface area contributed by atoms with Crippen molar-refractivity contribution in [2.75, 3.05) is 26.8 Å². The Hall–Kier alpha value is -3.11. The minimum Gasteiger partial charge on any atom is -0.497 e. The number of hydrogen-bond acceptors (Lipinski definition) is 8. The Kier molecular flexibility index (Phi) is 5.71. The van der Waals surface area contributed by atoms with Gasteiger partial charge in [-0.3, -0.25) is 14.7 Å². The van der Waals surface area contributed by atoms with Crippen LogP contribution in [0.5, 0.6) is 5.75 Å². The highest BCUT2D eigenvalue weighted by Gasteiger charge is 2.29. The number of benzene rings is 1. The first kappa shape index (κ1) is 20.8. The van der Waals surface area contributed by atoms with Crippen molar-refractivity contribution in [3.63, 3.8) is 0 Å². The van der Waals surface area contributed by atoms with E-state index in [-0.39, 0.29) is 11.7 Å². The van der Waals surface area contributed by atoms with Gasteiger partial charge in [-0.1, -0.05) is 18.2 Å². The molecule has 1 aliphatic rings. The quantitative estimate of drug-likeness (QED) is 0.482. The van der Waals surface area contributed by atoms with E-state index in [1.54, 1.807) is 30.8 Å². The largest absolute Gasteiger partial charge is 0.497 e. The van der Waals surface area contributed by atoms with Crippen LogP contribution in [0.15, 0.2) is 58.8 Å². The third kappa shape index (κ3) is 3.91. The summed E-state index contributed by atoms with van der Waals surface area (Å²) in [4.78, 5) is 26.3. The van der Waals surface area contributed by atoms with Crippen LogP contribution in [0.4, 0.5) is 0 Å². The lowest BCUT2D eigenvalue weighted by Gasteiger charge is -2.36. The number of thiophene rings is 1. The lowest BCUT2D eigenvalue weighted by Crippen LogP contribution is -2.40. The first-order chi connectivity index (χ1) is 15.6. The van der Waals surface area contributed by atoms with E-state index in [4.69, 9.17) is 9.47 Å². The number of morpholine rings is 1. The molecule has 8 nitrogen and oxygen atoms in total. The van der Waals surface area contributed by atoms with Crippen molar-refractivity contribution in [3.8, 4) is 17.3 Å². The molecule has 1 saturated heterocycles. The van der Waals surface area contributed by atoms with Gasteiger partial charge >= 0.3 is 0 Å². The van der Waals surface area contributed by atoms with Gasteiger partial charge in [-0.2, -0.15) is 0 Å². The van der Waals surface area contributed by atoms with Crippen molar-refractivity contribution in [1.82, 2.24) is 19.9 Å². The van der Waals surface area contributed by atoms with Crippen LogP contribution < -0.4 is 10.3 Å². The van der Waals surface area contributed by atoms with Crippen molar-refractivity contribution in [3.05, 3.63) is 75.5 Å². The van der Waals surface area contributed by atoms with Crippen LogP contribution >= 0.6 is 11.3 Å². The summed E-state index contributed by atoms with van der Waals surface area (Å²) in [5.41, 5.74) is 2.47. The molecule has 3 aromatic heterocycles. The summed E-state index contributed by atoms with van der Waals surface area (Å²) in [7, 11) is 1.63. The number of rotatable bonds is 5. The maximum atomic E-state index is 12.6. The standard InChI is InChI=1S/C23H22N4O4S/c1-30-15-7-5-14(6-8-15)18-12-27(10-11-31-18)23(29)16-13-32-20-19(16)25-21(26-22(20)28)17-4-2-3-9-24-17/h2-9,13,18,23,29H,10-12H2,1H3,(H,25,26,28). The topological polar surface area (TPSA) is 101 Å². The molecule has 1 aromatic carbocycles. The van der Waals surface area contributed by atoms with E-state index in [1.807, 2.05) is 35.2 Å². The van der Waals surface area contributed by atoms with Crippen LogP contribution in [0, 0.1) is 0 Å². The fourth-order valence-electron chi connectivity index (χ4n) is 3.86. The lowest BCUT2D eigenvalue weighted by atomic mass is 10.1. The van der Waals surface area contributed by atoms with Crippen molar-refractivity contribution >= 4 is 21.6 Å². The average molecular weight is 451 g/mol.